The molecule has 0 atom stereocenters. The van der Waals surface area contributed by atoms with Crippen molar-refractivity contribution in [2.45, 2.75) is 19.8 Å². The van der Waals surface area contributed by atoms with Gasteiger partial charge >= 0.3 is 0 Å². The molecule has 104 valence electrons. The third-order valence-electron chi connectivity index (χ3n) is 3.71. The van der Waals surface area contributed by atoms with Crippen LogP contribution >= 0.6 is 11.6 Å². The monoisotopic (exact) mass is 290 g/mol. The third-order valence-corrected chi connectivity index (χ3v) is 4.00. The molecule has 1 heterocycles. The third kappa shape index (κ3) is 2.22. The van der Waals surface area contributed by atoms with Crippen LogP contribution in [0.25, 0.3) is 0 Å². The molecule has 0 unspecified atom stereocenters. The highest BCUT2D eigenvalue weighted by molar-refractivity contribution is 6.31. The minimum atomic E-state index is -0.478. The molecule has 1 aliphatic rings. The van der Waals surface area contributed by atoms with Gasteiger partial charge in [0.1, 0.15) is 5.82 Å². The van der Waals surface area contributed by atoms with E-state index in [0.717, 1.165) is 30.8 Å². The Hall–Kier alpha value is -1.74. The summed E-state index contributed by atoms with van der Waals surface area (Å²) in [6.45, 7) is 2.95. The average molecular weight is 291 g/mol. The Morgan fingerprint density at radius 1 is 1.20 bits per heavy atom. The molecule has 0 fully saturated rings. The molecule has 1 aliphatic heterocycles. The zero-order chi connectivity index (χ0) is 14.3. The first-order chi connectivity index (χ1) is 9.56. The Morgan fingerprint density at radius 3 is 2.80 bits per heavy atom. The summed E-state index contributed by atoms with van der Waals surface area (Å²) < 4.78 is 13.4. The van der Waals surface area contributed by atoms with Crippen LogP contribution in [-0.4, -0.2) is 6.54 Å². The maximum atomic E-state index is 13.4. The lowest BCUT2D eigenvalue weighted by molar-refractivity contribution is 0.628. The molecule has 0 saturated heterocycles. The standard InChI is InChI=1S/C16H16ClFN2/c1-10-4-5-15-11(7-10)3-2-6-20(15)16-8-12(17)13(18)9-14(16)19/h4-5,7-9H,2-3,6,19H2,1H3. The zero-order valence-corrected chi connectivity index (χ0v) is 12.0. The fourth-order valence-corrected chi connectivity index (χ4v) is 2.92. The van der Waals surface area contributed by atoms with Gasteiger partial charge in [0.25, 0.3) is 0 Å². The van der Waals surface area contributed by atoms with Gasteiger partial charge in [-0.2, -0.15) is 0 Å². The Kier molecular flexibility index (Phi) is 3.30. The summed E-state index contributed by atoms with van der Waals surface area (Å²) >= 11 is 5.90. The summed E-state index contributed by atoms with van der Waals surface area (Å²) in [4.78, 5) is 2.12. The van der Waals surface area contributed by atoms with Crippen molar-refractivity contribution in [2.24, 2.45) is 0 Å². The quantitative estimate of drug-likeness (QED) is 0.786. The van der Waals surface area contributed by atoms with Crippen molar-refractivity contribution in [2.75, 3.05) is 17.2 Å². The fourth-order valence-electron chi connectivity index (χ4n) is 2.76. The molecule has 0 aromatic heterocycles. The van der Waals surface area contributed by atoms with E-state index in [1.54, 1.807) is 6.07 Å². The first-order valence-electron chi connectivity index (χ1n) is 6.68. The van der Waals surface area contributed by atoms with Crippen molar-refractivity contribution in [1.82, 2.24) is 0 Å². The molecule has 20 heavy (non-hydrogen) atoms. The largest absolute Gasteiger partial charge is 0.397 e. The van der Waals surface area contributed by atoms with Gasteiger partial charge in [0.15, 0.2) is 0 Å². The number of nitrogens with zero attached hydrogens (tertiary/aromatic N) is 1. The van der Waals surface area contributed by atoms with Crippen molar-refractivity contribution in [3.05, 3.63) is 52.3 Å². The zero-order valence-electron chi connectivity index (χ0n) is 11.3. The Labute approximate surface area is 123 Å². The predicted octanol–water partition coefficient (Wildman–Crippen LogP) is 4.45. The van der Waals surface area contributed by atoms with Crippen LogP contribution in [0.15, 0.2) is 30.3 Å². The van der Waals surface area contributed by atoms with Gasteiger partial charge < -0.3 is 10.6 Å². The van der Waals surface area contributed by atoms with Crippen LogP contribution in [0.1, 0.15) is 17.5 Å². The van der Waals surface area contributed by atoms with E-state index in [2.05, 4.69) is 30.0 Å². The second kappa shape index (κ2) is 4.98. The normalized spacial score (nSPS) is 14.2. The molecule has 2 aromatic rings. The van der Waals surface area contributed by atoms with Crippen molar-refractivity contribution >= 4 is 28.7 Å². The van der Waals surface area contributed by atoms with E-state index in [9.17, 15) is 4.39 Å². The number of hydrogen-bond donors (Lipinski definition) is 1. The van der Waals surface area contributed by atoms with E-state index in [0.29, 0.717) is 5.69 Å². The van der Waals surface area contributed by atoms with Gasteiger partial charge in [-0.25, -0.2) is 4.39 Å². The van der Waals surface area contributed by atoms with Crippen LogP contribution in [-0.2, 0) is 6.42 Å². The van der Waals surface area contributed by atoms with Crippen molar-refractivity contribution in [3.8, 4) is 0 Å². The first kappa shape index (κ1) is 13.3. The minimum Gasteiger partial charge on any atom is -0.397 e. The number of aryl methyl sites for hydroxylation is 2. The number of nitrogens with two attached hydrogens (primary N) is 1. The van der Waals surface area contributed by atoms with Gasteiger partial charge in [-0.15, -0.1) is 0 Å². The molecule has 0 saturated carbocycles. The maximum Gasteiger partial charge on any atom is 0.143 e. The molecule has 0 amide bonds. The average Bonchev–Trinajstić information content (AvgIpc) is 2.42. The Bertz CT molecular complexity index is 670. The Balaban J connectivity index is 2.11. The van der Waals surface area contributed by atoms with Crippen molar-refractivity contribution < 1.29 is 4.39 Å². The van der Waals surface area contributed by atoms with Crippen LogP contribution in [0.2, 0.25) is 5.02 Å². The number of anilines is 3. The molecular weight excluding hydrogens is 275 g/mol. The molecule has 2 N–H and O–H groups in total. The molecule has 3 rings (SSSR count). The Morgan fingerprint density at radius 2 is 2.00 bits per heavy atom. The van der Waals surface area contributed by atoms with Gasteiger partial charge in [-0.3, -0.25) is 0 Å². The van der Waals surface area contributed by atoms with Gasteiger partial charge in [-0.05, 0) is 37.5 Å². The smallest absolute Gasteiger partial charge is 0.143 e. The van der Waals surface area contributed by atoms with Crippen LogP contribution in [0.4, 0.5) is 21.5 Å². The molecule has 0 radical (unpaired) electrons. The van der Waals surface area contributed by atoms with E-state index >= 15 is 0 Å². The lowest BCUT2D eigenvalue weighted by Crippen LogP contribution is -2.25. The van der Waals surface area contributed by atoms with Crippen LogP contribution < -0.4 is 10.6 Å². The molecule has 2 aromatic carbocycles. The summed E-state index contributed by atoms with van der Waals surface area (Å²) in [5.41, 5.74) is 10.8. The predicted molar refractivity (Wildman–Crippen MR) is 82.3 cm³/mol. The number of nitrogen functional groups attached to an aromatic ring is 1. The SMILES string of the molecule is Cc1ccc2c(c1)CCCN2c1cc(Cl)c(F)cc1N. The molecule has 0 spiro atoms. The van der Waals surface area contributed by atoms with Crippen LogP contribution in [0.5, 0.6) is 0 Å². The maximum absolute atomic E-state index is 13.4. The summed E-state index contributed by atoms with van der Waals surface area (Å²) in [7, 11) is 0. The van der Waals surface area contributed by atoms with E-state index in [4.69, 9.17) is 17.3 Å². The van der Waals surface area contributed by atoms with E-state index < -0.39 is 5.82 Å². The van der Waals surface area contributed by atoms with Crippen molar-refractivity contribution in [1.29, 1.82) is 0 Å². The van der Waals surface area contributed by atoms with Crippen molar-refractivity contribution in [3.63, 3.8) is 0 Å². The lowest BCUT2D eigenvalue weighted by atomic mass is 9.99. The fraction of sp³-hybridized carbons (Fsp3) is 0.250. The molecule has 0 bridgehead atoms. The lowest BCUT2D eigenvalue weighted by Gasteiger charge is -2.32. The number of rotatable bonds is 1. The number of hydrogen-bond acceptors (Lipinski definition) is 2. The number of halogens is 2. The minimum absolute atomic E-state index is 0.105. The summed E-state index contributed by atoms with van der Waals surface area (Å²) in [5, 5.41) is 0.105. The molecule has 0 aliphatic carbocycles. The summed E-state index contributed by atoms with van der Waals surface area (Å²) in [5.74, 6) is -0.478. The second-order valence-electron chi connectivity index (χ2n) is 5.21. The van der Waals surface area contributed by atoms with Gasteiger partial charge in [-0.1, -0.05) is 29.3 Å². The van der Waals surface area contributed by atoms with E-state index in [-0.39, 0.29) is 5.02 Å². The highest BCUT2D eigenvalue weighted by Crippen LogP contribution is 2.38. The van der Waals surface area contributed by atoms with E-state index in [1.807, 2.05) is 0 Å². The van der Waals surface area contributed by atoms with E-state index in [1.165, 1.54) is 17.2 Å². The number of fused-ring (bicyclic) bond motifs is 1. The van der Waals surface area contributed by atoms with Crippen LogP contribution in [0.3, 0.4) is 0 Å². The molecule has 4 heteroatoms. The van der Waals surface area contributed by atoms with Gasteiger partial charge in [0.05, 0.1) is 16.4 Å². The van der Waals surface area contributed by atoms with Crippen LogP contribution in [0, 0.1) is 12.7 Å². The number of benzene rings is 2. The van der Waals surface area contributed by atoms with Gasteiger partial charge in [0.2, 0.25) is 0 Å². The molecule has 2 nitrogen and oxygen atoms in total. The highest BCUT2D eigenvalue weighted by atomic mass is 35.5. The summed E-state index contributed by atoms with van der Waals surface area (Å²) in [6, 6.07) is 9.28. The second-order valence-corrected chi connectivity index (χ2v) is 5.62. The molecular formula is C16H16ClFN2. The summed E-state index contributed by atoms with van der Waals surface area (Å²) in [6.07, 6.45) is 2.10. The first-order valence-corrected chi connectivity index (χ1v) is 7.05. The highest BCUT2D eigenvalue weighted by Gasteiger charge is 2.21. The van der Waals surface area contributed by atoms with Gasteiger partial charge in [0, 0.05) is 18.3 Å². The topological polar surface area (TPSA) is 29.3 Å².